The van der Waals surface area contributed by atoms with Crippen molar-refractivity contribution in [2.75, 3.05) is 5.32 Å². The molecule has 0 aromatic heterocycles. The molecular formula is C13H14BrN3O2. The minimum absolute atomic E-state index is 0.552. The molecule has 0 saturated heterocycles. The van der Waals surface area contributed by atoms with E-state index in [4.69, 9.17) is 0 Å². The van der Waals surface area contributed by atoms with Gasteiger partial charge in [-0.2, -0.15) is 5.10 Å². The molecule has 6 heteroatoms. The molecule has 1 fully saturated rings. The van der Waals surface area contributed by atoms with Gasteiger partial charge in [0.05, 0.1) is 5.69 Å². The van der Waals surface area contributed by atoms with Crippen LogP contribution in [0.2, 0.25) is 0 Å². The first-order chi connectivity index (χ1) is 9.16. The standard InChI is InChI=1S/C13H14BrN3O2/c14-10-7-3-4-8-11(10)15-12(18)13(19)17-16-9-5-1-2-6-9/h3-4,7-8H,1-2,5-6H2,(H,15,18)(H,17,19). The van der Waals surface area contributed by atoms with Gasteiger partial charge in [-0.25, -0.2) is 5.43 Å². The Morgan fingerprint density at radius 3 is 2.47 bits per heavy atom. The SMILES string of the molecule is O=C(NN=C1CCCC1)C(=O)Nc1ccccc1Br. The van der Waals surface area contributed by atoms with Crippen LogP contribution >= 0.6 is 15.9 Å². The van der Waals surface area contributed by atoms with Crippen molar-refractivity contribution < 1.29 is 9.59 Å². The zero-order chi connectivity index (χ0) is 13.7. The number of para-hydroxylation sites is 1. The Hall–Kier alpha value is -1.69. The van der Waals surface area contributed by atoms with E-state index in [1.165, 1.54) is 0 Å². The molecule has 0 heterocycles. The zero-order valence-electron chi connectivity index (χ0n) is 10.3. The normalized spacial score (nSPS) is 14.1. The zero-order valence-corrected chi connectivity index (χ0v) is 11.9. The lowest BCUT2D eigenvalue weighted by molar-refractivity contribution is -0.136. The summed E-state index contributed by atoms with van der Waals surface area (Å²) in [6, 6.07) is 7.09. The summed E-state index contributed by atoms with van der Waals surface area (Å²) in [5, 5.41) is 6.47. The smallest absolute Gasteiger partial charge is 0.317 e. The van der Waals surface area contributed by atoms with Crippen LogP contribution in [0.3, 0.4) is 0 Å². The molecule has 2 amide bonds. The van der Waals surface area contributed by atoms with Gasteiger partial charge in [-0.3, -0.25) is 9.59 Å². The van der Waals surface area contributed by atoms with Crippen LogP contribution in [0.15, 0.2) is 33.8 Å². The maximum Gasteiger partial charge on any atom is 0.329 e. The van der Waals surface area contributed by atoms with Crippen LogP contribution in [0.1, 0.15) is 25.7 Å². The lowest BCUT2D eigenvalue weighted by Crippen LogP contribution is -2.33. The summed E-state index contributed by atoms with van der Waals surface area (Å²) in [7, 11) is 0. The van der Waals surface area contributed by atoms with Gasteiger partial charge in [0.1, 0.15) is 0 Å². The number of carbonyl (C=O) groups excluding carboxylic acids is 2. The fraction of sp³-hybridized carbons (Fsp3) is 0.308. The van der Waals surface area contributed by atoms with Gasteiger partial charge in [0, 0.05) is 10.2 Å². The predicted octanol–water partition coefficient (Wildman–Crippen LogP) is 2.43. The van der Waals surface area contributed by atoms with Crippen molar-refractivity contribution in [2.45, 2.75) is 25.7 Å². The highest BCUT2D eigenvalue weighted by Crippen LogP contribution is 2.20. The van der Waals surface area contributed by atoms with E-state index in [0.717, 1.165) is 35.9 Å². The van der Waals surface area contributed by atoms with Crippen molar-refractivity contribution in [3.63, 3.8) is 0 Å². The average molecular weight is 324 g/mol. The number of hydrogen-bond donors (Lipinski definition) is 2. The van der Waals surface area contributed by atoms with Crippen LogP contribution < -0.4 is 10.7 Å². The number of carbonyl (C=O) groups is 2. The highest BCUT2D eigenvalue weighted by Gasteiger charge is 2.15. The number of hydrogen-bond acceptors (Lipinski definition) is 3. The van der Waals surface area contributed by atoms with Crippen molar-refractivity contribution in [1.82, 2.24) is 5.43 Å². The second-order valence-electron chi connectivity index (χ2n) is 4.26. The Kier molecular flexibility index (Phi) is 4.68. The van der Waals surface area contributed by atoms with E-state index >= 15 is 0 Å². The Bertz CT molecular complexity index is 520. The largest absolute Gasteiger partial charge is 0.329 e. The molecule has 0 spiro atoms. The first kappa shape index (κ1) is 13.7. The van der Waals surface area contributed by atoms with Gasteiger partial charge in [-0.1, -0.05) is 12.1 Å². The highest BCUT2D eigenvalue weighted by molar-refractivity contribution is 9.10. The lowest BCUT2D eigenvalue weighted by atomic mass is 10.3. The van der Waals surface area contributed by atoms with E-state index in [0.29, 0.717) is 5.69 Å². The molecule has 100 valence electrons. The van der Waals surface area contributed by atoms with Gasteiger partial charge >= 0.3 is 11.8 Å². The third-order valence-corrected chi connectivity index (χ3v) is 3.52. The van der Waals surface area contributed by atoms with Gasteiger partial charge < -0.3 is 5.32 Å². The molecule has 1 aliphatic rings. The van der Waals surface area contributed by atoms with Crippen molar-refractivity contribution in [3.8, 4) is 0 Å². The van der Waals surface area contributed by atoms with Crippen molar-refractivity contribution in [1.29, 1.82) is 0 Å². The average Bonchev–Trinajstić information content (AvgIpc) is 2.91. The number of anilines is 1. The van der Waals surface area contributed by atoms with Crippen molar-refractivity contribution >= 4 is 39.1 Å². The second kappa shape index (κ2) is 6.47. The Morgan fingerprint density at radius 1 is 1.11 bits per heavy atom. The molecule has 0 atom stereocenters. The fourth-order valence-electron chi connectivity index (χ4n) is 1.82. The van der Waals surface area contributed by atoms with Gasteiger partial charge in [0.15, 0.2) is 0 Å². The summed E-state index contributed by atoms with van der Waals surface area (Å²) in [4.78, 5) is 23.2. The van der Waals surface area contributed by atoms with Crippen molar-refractivity contribution in [2.24, 2.45) is 5.10 Å². The van der Waals surface area contributed by atoms with E-state index < -0.39 is 11.8 Å². The number of nitrogens with zero attached hydrogens (tertiary/aromatic N) is 1. The molecule has 1 aromatic carbocycles. The minimum atomic E-state index is -0.754. The number of hydrazone groups is 1. The van der Waals surface area contributed by atoms with Gasteiger partial charge in [-0.05, 0) is 53.7 Å². The van der Waals surface area contributed by atoms with Crippen LogP contribution in [0.25, 0.3) is 0 Å². The second-order valence-corrected chi connectivity index (χ2v) is 5.11. The monoisotopic (exact) mass is 323 g/mol. The summed E-state index contributed by atoms with van der Waals surface area (Å²) in [6.07, 6.45) is 3.98. The number of nitrogens with one attached hydrogen (secondary N) is 2. The van der Waals surface area contributed by atoms with E-state index in [-0.39, 0.29) is 0 Å². The topological polar surface area (TPSA) is 70.6 Å². The summed E-state index contributed by atoms with van der Waals surface area (Å²) in [5.74, 6) is -1.48. The quantitative estimate of drug-likeness (QED) is 0.648. The van der Waals surface area contributed by atoms with Gasteiger partial charge in [-0.15, -0.1) is 0 Å². The summed E-state index contributed by atoms with van der Waals surface area (Å²) in [5.41, 5.74) is 3.78. The molecule has 19 heavy (non-hydrogen) atoms. The number of rotatable bonds is 2. The molecule has 1 aliphatic carbocycles. The third kappa shape index (κ3) is 3.89. The fourth-order valence-corrected chi connectivity index (χ4v) is 2.20. The molecule has 0 aliphatic heterocycles. The highest BCUT2D eigenvalue weighted by atomic mass is 79.9. The molecule has 0 bridgehead atoms. The van der Waals surface area contributed by atoms with Crippen LogP contribution in [0.4, 0.5) is 5.69 Å². The van der Waals surface area contributed by atoms with Gasteiger partial charge in [0.2, 0.25) is 0 Å². The Balaban J connectivity index is 1.91. The van der Waals surface area contributed by atoms with Crippen LogP contribution in [0.5, 0.6) is 0 Å². The number of amides is 2. The molecule has 0 radical (unpaired) electrons. The van der Waals surface area contributed by atoms with E-state index in [1.807, 2.05) is 6.07 Å². The molecule has 0 unspecified atom stereocenters. The van der Waals surface area contributed by atoms with Crippen LogP contribution in [0, 0.1) is 0 Å². The molecule has 2 N–H and O–H groups in total. The summed E-state index contributed by atoms with van der Waals surface area (Å²) >= 11 is 3.29. The summed E-state index contributed by atoms with van der Waals surface area (Å²) in [6.45, 7) is 0. The lowest BCUT2D eigenvalue weighted by Gasteiger charge is -2.06. The third-order valence-electron chi connectivity index (χ3n) is 2.82. The Labute approximate surface area is 119 Å². The van der Waals surface area contributed by atoms with E-state index in [2.05, 4.69) is 31.8 Å². The van der Waals surface area contributed by atoms with Crippen molar-refractivity contribution in [3.05, 3.63) is 28.7 Å². The maximum atomic E-state index is 11.7. The number of halogens is 1. The van der Waals surface area contributed by atoms with E-state index in [9.17, 15) is 9.59 Å². The molecule has 5 nitrogen and oxygen atoms in total. The maximum absolute atomic E-state index is 11.7. The molecule has 1 saturated carbocycles. The van der Waals surface area contributed by atoms with Crippen LogP contribution in [-0.4, -0.2) is 17.5 Å². The molecular weight excluding hydrogens is 310 g/mol. The number of benzene rings is 1. The minimum Gasteiger partial charge on any atom is -0.317 e. The molecule has 2 rings (SSSR count). The Morgan fingerprint density at radius 2 is 1.79 bits per heavy atom. The first-order valence-electron chi connectivity index (χ1n) is 6.08. The summed E-state index contributed by atoms with van der Waals surface area (Å²) < 4.78 is 0.721. The predicted molar refractivity (Wildman–Crippen MR) is 76.8 cm³/mol. The van der Waals surface area contributed by atoms with Gasteiger partial charge in [0.25, 0.3) is 0 Å². The first-order valence-corrected chi connectivity index (χ1v) is 6.87. The van der Waals surface area contributed by atoms with Crippen LogP contribution in [-0.2, 0) is 9.59 Å². The molecule has 1 aromatic rings. The van der Waals surface area contributed by atoms with E-state index in [1.54, 1.807) is 18.2 Å².